The van der Waals surface area contributed by atoms with Gasteiger partial charge in [0.05, 0.1) is 35.4 Å². The highest BCUT2D eigenvalue weighted by atomic mass is 35.5. The summed E-state index contributed by atoms with van der Waals surface area (Å²) in [7, 11) is 0. The summed E-state index contributed by atoms with van der Waals surface area (Å²) in [5.74, 6) is -0.570. The zero-order valence-electron chi connectivity index (χ0n) is 18.4. The number of hydrogen-bond donors (Lipinski definition) is 2. The van der Waals surface area contributed by atoms with Gasteiger partial charge >= 0.3 is 6.18 Å². The van der Waals surface area contributed by atoms with E-state index in [-0.39, 0.29) is 47.6 Å². The van der Waals surface area contributed by atoms with E-state index >= 15 is 0 Å². The number of carbonyl (C=O) groups excluding carboxylic acids is 2. The molecule has 2 unspecified atom stereocenters. The first-order valence-corrected chi connectivity index (χ1v) is 11.6. The Balaban J connectivity index is 1.34. The zero-order chi connectivity index (χ0) is 24.7. The number of anilines is 1. The third-order valence-corrected chi connectivity index (χ3v) is 7.92. The lowest BCUT2D eigenvalue weighted by atomic mass is 9.57. The van der Waals surface area contributed by atoms with Crippen LogP contribution < -0.4 is 10.6 Å². The summed E-state index contributed by atoms with van der Waals surface area (Å²) in [5.41, 5.74) is -1.68. The molecule has 0 aromatic heterocycles. The molecule has 3 aliphatic carbocycles. The fraction of sp³-hybridized carbons (Fsp3) is 0.609. The normalized spacial score (nSPS) is 30.8. The van der Waals surface area contributed by atoms with Gasteiger partial charge in [0.2, 0.25) is 11.8 Å². The highest BCUT2D eigenvalue weighted by Crippen LogP contribution is 2.53. The average Bonchev–Trinajstić information content (AvgIpc) is 3.20. The summed E-state index contributed by atoms with van der Waals surface area (Å²) in [6.45, 7) is -0.0627. The van der Waals surface area contributed by atoms with Gasteiger partial charge in [-0.1, -0.05) is 11.6 Å². The Morgan fingerprint density at radius 3 is 2.38 bits per heavy atom. The third-order valence-electron chi connectivity index (χ3n) is 7.61. The molecule has 0 spiro atoms. The Bertz CT molecular complexity index is 1000. The molecule has 4 aliphatic rings. The van der Waals surface area contributed by atoms with Gasteiger partial charge in [0.1, 0.15) is 12.2 Å². The van der Waals surface area contributed by atoms with E-state index in [1.165, 1.54) is 4.90 Å². The number of halogens is 5. The lowest BCUT2D eigenvalue weighted by Crippen LogP contribution is -2.59. The predicted octanol–water partition coefficient (Wildman–Crippen LogP) is 4.44. The first-order chi connectivity index (χ1) is 16.0. The maximum Gasteiger partial charge on any atom is 0.416 e. The van der Waals surface area contributed by atoms with Gasteiger partial charge in [0.15, 0.2) is 0 Å². The van der Waals surface area contributed by atoms with Crippen molar-refractivity contribution < 1.29 is 27.2 Å². The van der Waals surface area contributed by atoms with Gasteiger partial charge in [0.25, 0.3) is 0 Å². The molecule has 0 radical (unpaired) electrons. The molecule has 4 fully saturated rings. The van der Waals surface area contributed by atoms with E-state index in [9.17, 15) is 27.2 Å². The highest BCUT2D eigenvalue weighted by Gasteiger charge is 2.52. The standard InChI is InChI=1S/C23H25ClF4N4O2/c24-17-9-14(23(26,27)28)1-2-18(17)31-20(34)21-3-6-22(7-4-21,8-5-21)30-12-19(33)32-13-15(25)10-16(32)11-29/h1-2,9,15-16,30H,3-8,10,12-13H2,(H,31,34). The number of likely N-dealkylation sites (tertiary alicyclic amines) is 1. The maximum absolute atomic E-state index is 13.6. The van der Waals surface area contributed by atoms with Crippen LogP contribution in [0.2, 0.25) is 5.02 Å². The van der Waals surface area contributed by atoms with Gasteiger partial charge in [-0.15, -0.1) is 0 Å². The van der Waals surface area contributed by atoms with Gasteiger partial charge < -0.3 is 15.5 Å². The van der Waals surface area contributed by atoms with Gasteiger partial charge in [-0.2, -0.15) is 18.4 Å². The van der Waals surface area contributed by atoms with Gasteiger partial charge in [0, 0.05) is 17.4 Å². The van der Waals surface area contributed by atoms with Crippen molar-refractivity contribution in [3.05, 3.63) is 28.8 Å². The quantitative estimate of drug-likeness (QED) is 0.585. The molecule has 2 bridgehead atoms. The number of nitriles is 1. The van der Waals surface area contributed by atoms with E-state index in [0.717, 1.165) is 18.2 Å². The summed E-state index contributed by atoms with van der Waals surface area (Å²) in [5, 5.41) is 15.0. The van der Waals surface area contributed by atoms with Crippen LogP contribution in [0.1, 0.15) is 50.5 Å². The summed E-state index contributed by atoms with van der Waals surface area (Å²) in [4.78, 5) is 26.9. The molecular formula is C23H25ClF4N4O2. The topological polar surface area (TPSA) is 85.2 Å². The SMILES string of the molecule is N#CC1CC(F)CN1C(=O)CNC12CCC(C(=O)Nc3ccc(C(F)(F)F)cc3Cl)(CC1)CC2. The summed E-state index contributed by atoms with van der Waals surface area (Å²) >= 11 is 5.99. The number of hydrogen-bond acceptors (Lipinski definition) is 4. The molecule has 2 atom stereocenters. The van der Waals surface area contributed by atoms with Crippen LogP contribution in [0.15, 0.2) is 18.2 Å². The molecule has 6 nitrogen and oxygen atoms in total. The lowest BCUT2D eigenvalue weighted by molar-refractivity contribution is -0.137. The Morgan fingerprint density at radius 1 is 1.18 bits per heavy atom. The van der Waals surface area contributed by atoms with E-state index in [4.69, 9.17) is 16.9 Å². The van der Waals surface area contributed by atoms with Crippen molar-refractivity contribution in [1.29, 1.82) is 5.26 Å². The molecule has 2 amide bonds. The predicted molar refractivity (Wildman–Crippen MR) is 117 cm³/mol. The van der Waals surface area contributed by atoms with Crippen molar-refractivity contribution in [2.24, 2.45) is 5.41 Å². The second-order valence-corrected chi connectivity index (χ2v) is 9.99. The molecule has 11 heteroatoms. The molecule has 5 rings (SSSR count). The summed E-state index contributed by atoms with van der Waals surface area (Å²) in [6.07, 6.45) is -2.01. The second kappa shape index (κ2) is 9.00. The number of nitrogens with one attached hydrogen (secondary N) is 2. The van der Waals surface area contributed by atoms with Crippen LogP contribution >= 0.6 is 11.6 Å². The third kappa shape index (κ3) is 4.73. The van der Waals surface area contributed by atoms with E-state index in [1.807, 2.05) is 6.07 Å². The van der Waals surface area contributed by atoms with Crippen LogP contribution in [0.3, 0.4) is 0 Å². The molecule has 34 heavy (non-hydrogen) atoms. The van der Waals surface area contributed by atoms with Crippen LogP contribution in [-0.4, -0.2) is 47.6 Å². The first kappa shape index (κ1) is 24.7. The van der Waals surface area contributed by atoms with E-state index in [2.05, 4.69) is 10.6 Å². The zero-order valence-corrected chi connectivity index (χ0v) is 19.1. The van der Waals surface area contributed by atoms with Crippen LogP contribution in [0, 0.1) is 16.7 Å². The van der Waals surface area contributed by atoms with E-state index in [1.54, 1.807) is 0 Å². The Kier molecular flexibility index (Phi) is 6.55. The molecule has 1 aromatic carbocycles. The average molecular weight is 501 g/mol. The molecule has 3 saturated carbocycles. The number of nitrogens with zero attached hydrogens (tertiary/aromatic N) is 2. The molecule has 1 aromatic rings. The van der Waals surface area contributed by atoms with Crippen molar-refractivity contribution >= 4 is 29.1 Å². The van der Waals surface area contributed by atoms with Crippen molar-refractivity contribution in [3.63, 3.8) is 0 Å². The van der Waals surface area contributed by atoms with Gasteiger partial charge in [-0.05, 0) is 56.7 Å². The molecule has 2 N–H and O–H groups in total. The van der Waals surface area contributed by atoms with Crippen molar-refractivity contribution in [2.75, 3.05) is 18.4 Å². The summed E-state index contributed by atoms with van der Waals surface area (Å²) < 4.78 is 52.2. The Labute approximate surface area is 199 Å². The molecule has 1 heterocycles. The molecule has 1 saturated heterocycles. The van der Waals surface area contributed by atoms with Crippen LogP contribution in [0.5, 0.6) is 0 Å². The number of amides is 2. The monoisotopic (exact) mass is 500 g/mol. The van der Waals surface area contributed by atoms with Crippen molar-refractivity contribution in [3.8, 4) is 6.07 Å². The molecular weight excluding hydrogens is 476 g/mol. The first-order valence-electron chi connectivity index (χ1n) is 11.2. The highest BCUT2D eigenvalue weighted by molar-refractivity contribution is 6.33. The number of fused-ring (bicyclic) bond motifs is 3. The smallest absolute Gasteiger partial charge is 0.324 e. The second-order valence-electron chi connectivity index (χ2n) is 9.58. The summed E-state index contributed by atoms with van der Waals surface area (Å²) in [6, 6.07) is 4.08. The minimum Gasteiger partial charge on any atom is -0.324 e. The number of rotatable bonds is 5. The minimum atomic E-state index is -4.52. The Morgan fingerprint density at radius 2 is 1.82 bits per heavy atom. The van der Waals surface area contributed by atoms with Gasteiger partial charge in [-0.3, -0.25) is 9.59 Å². The van der Waals surface area contributed by atoms with Gasteiger partial charge in [-0.25, -0.2) is 4.39 Å². The van der Waals surface area contributed by atoms with Crippen LogP contribution in [0.25, 0.3) is 0 Å². The molecule has 1 aliphatic heterocycles. The van der Waals surface area contributed by atoms with E-state index < -0.39 is 29.4 Å². The lowest BCUT2D eigenvalue weighted by Gasteiger charge is -2.52. The maximum atomic E-state index is 13.6. The van der Waals surface area contributed by atoms with E-state index in [0.29, 0.717) is 38.5 Å². The fourth-order valence-corrected chi connectivity index (χ4v) is 5.61. The number of benzene rings is 1. The minimum absolute atomic E-state index is 0.00522. The number of carbonyl (C=O) groups is 2. The van der Waals surface area contributed by atoms with Crippen LogP contribution in [0.4, 0.5) is 23.2 Å². The van der Waals surface area contributed by atoms with Crippen molar-refractivity contribution in [2.45, 2.75) is 68.9 Å². The fourth-order valence-electron chi connectivity index (χ4n) is 5.39. The van der Waals surface area contributed by atoms with Crippen molar-refractivity contribution in [1.82, 2.24) is 10.2 Å². The largest absolute Gasteiger partial charge is 0.416 e. The Hall–Kier alpha value is -2.38. The van der Waals surface area contributed by atoms with Crippen LogP contribution in [-0.2, 0) is 15.8 Å². The number of alkyl halides is 4. The molecule has 184 valence electrons.